The fourth-order valence-electron chi connectivity index (χ4n) is 3.11. The second kappa shape index (κ2) is 8.17. The summed E-state index contributed by atoms with van der Waals surface area (Å²) < 4.78 is 42.0. The lowest BCUT2D eigenvalue weighted by Crippen LogP contribution is -2.15. The Labute approximate surface area is 181 Å². The number of hydrogen-bond donors (Lipinski definition) is 2. The lowest BCUT2D eigenvalue weighted by atomic mass is 10.0. The van der Waals surface area contributed by atoms with E-state index in [4.69, 9.17) is 11.6 Å². The predicted octanol–water partition coefficient (Wildman–Crippen LogP) is 5.46. The van der Waals surface area contributed by atoms with E-state index in [0.29, 0.717) is 0 Å². The maximum Gasteiger partial charge on any atom is 0.266 e. The zero-order chi connectivity index (χ0) is 21.3. The molecule has 0 unspecified atom stereocenters. The van der Waals surface area contributed by atoms with Crippen LogP contribution in [0.15, 0.2) is 65.3 Å². The van der Waals surface area contributed by atoms with Crippen LogP contribution in [0.2, 0.25) is 5.02 Å². The summed E-state index contributed by atoms with van der Waals surface area (Å²) in [6.45, 7) is 1.91. The van der Waals surface area contributed by atoms with Crippen LogP contribution in [0.3, 0.4) is 0 Å². The van der Waals surface area contributed by atoms with Gasteiger partial charge in [0.05, 0.1) is 10.7 Å². The number of aromatic nitrogens is 2. The van der Waals surface area contributed by atoms with Crippen molar-refractivity contribution >= 4 is 54.6 Å². The van der Waals surface area contributed by atoms with Crippen molar-refractivity contribution in [2.75, 3.05) is 10.0 Å². The number of halogens is 2. The first-order valence-corrected chi connectivity index (χ1v) is 11.6. The summed E-state index contributed by atoms with van der Waals surface area (Å²) in [7, 11) is -4.16. The maximum absolute atomic E-state index is 14.7. The van der Waals surface area contributed by atoms with Gasteiger partial charge in [0.25, 0.3) is 10.0 Å². The summed E-state index contributed by atoms with van der Waals surface area (Å²) in [6.07, 6.45) is 4.93. The normalized spacial score (nSPS) is 12.6. The number of anilines is 2. The highest BCUT2D eigenvalue weighted by Crippen LogP contribution is 2.33. The van der Waals surface area contributed by atoms with E-state index >= 15 is 0 Å². The van der Waals surface area contributed by atoms with E-state index in [2.05, 4.69) is 20.0 Å². The van der Waals surface area contributed by atoms with Crippen molar-refractivity contribution in [2.45, 2.75) is 17.9 Å². The van der Waals surface area contributed by atoms with Crippen molar-refractivity contribution < 1.29 is 12.8 Å². The van der Waals surface area contributed by atoms with Gasteiger partial charge in [-0.2, -0.15) is 0 Å². The first-order valence-electron chi connectivity index (χ1n) is 8.86. The minimum atomic E-state index is -4.16. The van der Waals surface area contributed by atoms with Crippen molar-refractivity contribution in [1.29, 1.82) is 0 Å². The van der Waals surface area contributed by atoms with Gasteiger partial charge >= 0.3 is 0 Å². The summed E-state index contributed by atoms with van der Waals surface area (Å²) >= 11 is 7.38. The molecule has 0 amide bonds. The van der Waals surface area contributed by atoms with Crippen molar-refractivity contribution in [1.82, 2.24) is 9.97 Å². The van der Waals surface area contributed by atoms with E-state index in [1.54, 1.807) is 17.8 Å². The Balaban J connectivity index is 1.63. The van der Waals surface area contributed by atoms with E-state index in [-0.39, 0.29) is 21.9 Å². The van der Waals surface area contributed by atoms with Gasteiger partial charge in [0.2, 0.25) is 0 Å². The Morgan fingerprint density at radius 1 is 1.20 bits per heavy atom. The molecule has 1 atom stereocenters. The third-order valence-corrected chi connectivity index (χ3v) is 7.01. The molecule has 2 aromatic carbocycles. The number of thiazole rings is 1. The average Bonchev–Trinajstić information content (AvgIpc) is 3.22. The summed E-state index contributed by atoms with van der Waals surface area (Å²) in [4.78, 5) is 7.48. The first kappa shape index (κ1) is 20.5. The Bertz CT molecular complexity index is 1310. The molecule has 2 N–H and O–H groups in total. The highest BCUT2D eigenvalue weighted by Gasteiger charge is 2.23. The molecule has 0 radical (unpaired) electrons. The second-order valence-corrected chi connectivity index (χ2v) is 9.47. The molecular formula is C20H16ClFN4O2S2. The third-order valence-electron chi connectivity index (χ3n) is 4.52. The van der Waals surface area contributed by atoms with Crippen LogP contribution in [-0.2, 0) is 10.0 Å². The molecule has 6 nitrogen and oxygen atoms in total. The molecule has 30 heavy (non-hydrogen) atoms. The largest absolute Gasteiger partial charge is 0.377 e. The van der Waals surface area contributed by atoms with Gasteiger partial charge in [-0.05, 0) is 36.1 Å². The van der Waals surface area contributed by atoms with E-state index in [1.807, 2.05) is 31.2 Å². The molecule has 2 heterocycles. The lowest BCUT2D eigenvalue weighted by Gasteiger charge is -2.19. The molecule has 0 saturated carbocycles. The molecule has 154 valence electrons. The fraction of sp³-hybridized carbons (Fsp3) is 0.100. The number of hydrogen-bond acceptors (Lipinski definition) is 6. The molecule has 0 bridgehead atoms. The molecule has 0 fully saturated rings. The third kappa shape index (κ3) is 4.09. The molecule has 0 saturated heterocycles. The number of pyridine rings is 1. The highest BCUT2D eigenvalue weighted by molar-refractivity contribution is 7.93. The van der Waals surface area contributed by atoms with Gasteiger partial charge in [0.15, 0.2) is 5.13 Å². The Morgan fingerprint density at radius 2 is 2.03 bits per heavy atom. The molecule has 0 spiro atoms. The van der Waals surface area contributed by atoms with Crippen LogP contribution in [0.5, 0.6) is 0 Å². The Hall–Kier alpha value is -2.75. The van der Waals surface area contributed by atoms with Gasteiger partial charge in [-0.15, -0.1) is 11.3 Å². The SMILES string of the molecule is C[C@@H](Nc1cc(F)c(S(=O)(=O)Nc2nccs2)cc1Cl)c1cccc2ccncc12. The summed E-state index contributed by atoms with van der Waals surface area (Å²) in [6, 6.07) is 9.71. The fourth-order valence-corrected chi connectivity index (χ4v) is 5.27. The number of rotatable bonds is 6. The molecule has 0 aliphatic rings. The van der Waals surface area contributed by atoms with Crippen LogP contribution in [0.25, 0.3) is 10.8 Å². The second-order valence-electron chi connectivity index (χ2n) is 6.52. The van der Waals surface area contributed by atoms with Crippen molar-refractivity contribution in [2.24, 2.45) is 0 Å². The van der Waals surface area contributed by atoms with Gasteiger partial charge in [0, 0.05) is 35.4 Å². The number of sulfonamides is 1. The zero-order valence-corrected chi connectivity index (χ0v) is 18.0. The number of nitrogens with zero attached hydrogens (tertiary/aromatic N) is 2. The van der Waals surface area contributed by atoms with Crippen molar-refractivity contribution in [3.05, 3.63) is 76.8 Å². The van der Waals surface area contributed by atoms with Crippen LogP contribution in [0.1, 0.15) is 18.5 Å². The van der Waals surface area contributed by atoms with Gasteiger partial charge < -0.3 is 5.32 Å². The topological polar surface area (TPSA) is 84.0 Å². The first-order chi connectivity index (χ1) is 14.3. The molecule has 10 heteroatoms. The minimum Gasteiger partial charge on any atom is -0.377 e. The van der Waals surface area contributed by atoms with E-state index in [1.165, 1.54) is 6.20 Å². The molecule has 0 aliphatic heterocycles. The van der Waals surface area contributed by atoms with Crippen LogP contribution in [0, 0.1) is 5.82 Å². The summed E-state index contributed by atoms with van der Waals surface area (Å²) in [5.74, 6) is -0.919. The van der Waals surface area contributed by atoms with Gasteiger partial charge in [-0.25, -0.2) is 17.8 Å². The van der Waals surface area contributed by atoms with Crippen LogP contribution in [0.4, 0.5) is 15.2 Å². The molecule has 2 aromatic heterocycles. The van der Waals surface area contributed by atoms with E-state index in [0.717, 1.165) is 39.8 Å². The minimum absolute atomic E-state index is 0.0844. The Morgan fingerprint density at radius 3 is 2.80 bits per heavy atom. The van der Waals surface area contributed by atoms with Crippen molar-refractivity contribution in [3.63, 3.8) is 0 Å². The summed E-state index contributed by atoms with van der Waals surface area (Å²) in [5.41, 5.74) is 1.25. The highest BCUT2D eigenvalue weighted by atomic mass is 35.5. The lowest BCUT2D eigenvalue weighted by molar-refractivity contribution is 0.570. The van der Waals surface area contributed by atoms with Crippen LogP contribution < -0.4 is 10.0 Å². The number of nitrogens with one attached hydrogen (secondary N) is 2. The van der Waals surface area contributed by atoms with E-state index < -0.39 is 20.7 Å². The quantitative estimate of drug-likeness (QED) is 0.397. The molecular weight excluding hydrogens is 447 g/mol. The van der Waals surface area contributed by atoms with E-state index in [9.17, 15) is 12.8 Å². The van der Waals surface area contributed by atoms with Crippen LogP contribution >= 0.6 is 22.9 Å². The predicted molar refractivity (Wildman–Crippen MR) is 118 cm³/mol. The monoisotopic (exact) mass is 462 g/mol. The average molecular weight is 463 g/mol. The Kier molecular flexibility index (Phi) is 5.59. The number of fused-ring (bicyclic) bond motifs is 1. The molecule has 4 rings (SSSR count). The van der Waals surface area contributed by atoms with Crippen LogP contribution in [-0.4, -0.2) is 18.4 Å². The zero-order valence-electron chi connectivity index (χ0n) is 15.6. The standard InChI is InChI=1S/C20H16ClFN4O2S2/c1-12(14-4-2-3-13-5-6-23-11-15(13)14)25-18-10-17(22)19(9-16(18)21)30(27,28)26-20-24-7-8-29-20/h2-12,25H,1H3,(H,24,26)/t12-/m1/s1. The van der Waals surface area contributed by atoms with Gasteiger partial charge in [0.1, 0.15) is 10.7 Å². The molecule has 0 aliphatic carbocycles. The molecule has 4 aromatic rings. The maximum atomic E-state index is 14.7. The number of benzene rings is 2. The smallest absolute Gasteiger partial charge is 0.266 e. The van der Waals surface area contributed by atoms with Gasteiger partial charge in [-0.1, -0.05) is 29.8 Å². The van der Waals surface area contributed by atoms with Crippen molar-refractivity contribution in [3.8, 4) is 0 Å². The summed E-state index contributed by atoms with van der Waals surface area (Å²) in [5, 5.41) is 6.99. The van der Waals surface area contributed by atoms with Gasteiger partial charge in [-0.3, -0.25) is 9.71 Å².